The highest BCUT2D eigenvalue weighted by atomic mass is 16.5. The molecule has 1 aromatic rings. The lowest BCUT2D eigenvalue weighted by Crippen LogP contribution is -2.10. The summed E-state index contributed by atoms with van der Waals surface area (Å²) in [6.07, 6.45) is 1.19. The van der Waals surface area contributed by atoms with Crippen molar-refractivity contribution in [2.75, 3.05) is 31.6 Å². The maximum Gasteiger partial charge on any atom is 0.309 e. The Labute approximate surface area is 114 Å². The number of carbonyl (C=O) groups is 1. The van der Waals surface area contributed by atoms with Crippen molar-refractivity contribution in [2.45, 2.75) is 19.8 Å². The van der Waals surface area contributed by atoms with Crippen LogP contribution in [0.25, 0.3) is 0 Å². The predicted molar refractivity (Wildman–Crippen MR) is 75.3 cm³/mol. The molecule has 0 spiro atoms. The number of esters is 1. The van der Waals surface area contributed by atoms with Gasteiger partial charge in [0, 0.05) is 18.3 Å². The summed E-state index contributed by atoms with van der Waals surface area (Å²) in [6.45, 7) is 4.02. The Morgan fingerprint density at radius 2 is 2.26 bits per heavy atom. The molecule has 0 aliphatic heterocycles. The predicted octanol–water partition coefficient (Wildman–Crippen LogP) is 1.78. The fourth-order valence-electron chi connectivity index (χ4n) is 1.52. The molecule has 1 aromatic carbocycles. The van der Waals surface area contributed by atoms with Gasteiger partial charge in [0.15, 0.2) is 0 Å². The van der Waals surface area contributed by atoms with Gasteiger partial charge in [0.2, 0.25) is 0 Å². The number of hydrogen-bond donors (Lipinski definition) is 2. The van der Waals surface area contributed by atoms with Crippen molar-refractivity contribution in [3.8, 4) is 5.75 Å². The summed E-state index contributed by atoms with van der Waals surface area (Å²) in [5, 5.41) is 3.25. The first-order valence-electron chi connectivity index (χ1n) is 6.58. The molecule has 0 aromatic heterocycles. The molecule has 0 amide bonds. The minimum Gasteiger partial charge on any atom is -0.493 e. The van der Waals surface area contributed by atoms with E-state index < -0.39 is 0 Å². The number of hydrogen-bond acceptors (Lipinski definition) is 5. The van der Waals surface area contributed by atoms with Crippen molar-refractivity contribution in [1.82, 2.24) is 0 Å². The number of nitrogens with two attached hydrogens (primary N) is 1. The summed E-state index contributed by atoms with van der Waals surface area (Å²) in [5.74, 6) is 0.502. The molecule has 19 heavy (non-hydrogen) atoms. The first-order chi connectivity index (χ1) is 9.26. The van der Waals surface area contributed by atoms with Crippen LogP contribution in [0.4, 0.5) is 5.69 Å². The molecule has 5 heteroatoms. The fourth-order valence-corrected chi connectivity index (χ4v) is 1.52. The van der Waals surface area contributed by atoms with E-state index in [0.29, 0.717) is 19.8 Å². The Morgan fingerprint density at radius 1 is 1.42 bits per heavy atom. The Bertz CT molecular complexity index is 383. The first-order valence-corrected chi connectivity index (χ1v) is 6.58. The van der Waals surface area contributed by atoms with Crippen LogP contribution < -0.4 is 15.8 Å². The van der Waals surface area contributed by atoms with Gasteiger partial charge in [0.05, 0.1) is 19.6 Å². The van der Waals surface area contributed by atoms with Crippen molar-refractivity contribution >= 4 is 11.7 Å². The van der Waals surface area contributed by atoms with Crippen LogP contribution in [-0.4, -0.2) is 32.3 Å². The van der Waals surface area contributed by atoms with E-state index in [2.05, 4.69) is 5.32 Å². The highest BCUT2D eigenvalue weighted by Crippen LogP contribution is 2.17. The minimum absolute atomic E-state index is 0.236. The molecule has 0 saturated heterocycles. The second-order valence-electron chi connectivity index (χ2n) is 4.00. The lowest BCUT2D eigenvalue weighted by Gasteiger charge is -2.09. The molecule has 5 nitrogen and oxygen atoms in total. The van der Waals surface area contributed by atoms with Gasteiger partial charge in [-0.15, -0.1) is 0 Å². The third kappa shape index (κ3) is 6.67. The maximum absolute atomic E-state index is 11.1. The van der Waals surface area contributed by atoms with Gasteiger partial charge in [-0.3, -0.25) is 4.79 Å². The topological polar surface area (TPSA) is 73.6 Å². The molecule has 0 aliphatic rings. The van der Waals surface area contributed by atoms with E-state index in [0.717, 1.165) is 24.4 Å². The van der Waals surface area contributed by atoms with Gasteiger partial charge in [-0.25, -0.2) is 0 Å². The van der Waals surface area contributed by atoms with Gasteiger partial charge < -0.3 is 20.5 Å². The molecule has 0 atom stereocenters. The summed E-state index contributed by atoms with van der Waals surface area (Å²) in [4.78, 5) is 11.1. The van der Waals surface area contributed by atoms with Crippen molar-refractivity contribution in [3.63, 3.8) is 0 Å². The molecule has 0 saturated carbocycles. The number of anilines is 1. The summed E-state index contributed by atoms with van der Waals surface area (Å²) in [6, 6.07) is 7.64. The number of rotatable bonds is 9. The second kappa shape index (κ2) is 9.22. The smallest absolute Gasteiger partial charge is 0.309 e. The molecule has 3 N–H and O–H groups in total. The van der Waals surface area contributed by atoms with E-state index in [1.54, 1.807) is 6.92 Å². The second-order valence-corrected chi connectivity index (χ2v) is 4.00. The monoisotopic (exact) mass is 266 g/mol. The number of carbonyl (C=O) groups excluding carboxylic acids is 1. The SMILES string of the molecule is CCOC(=O)CCOc1cccc(NCCCN)c1. The maximum atomic E-state index is 11.1. The normalized spacial score (nSPS) is 10.0. The Morgan fingerprint density at radius 3 is 3.00 bits per heavy atom. The highest BCUT2D eigenvalue weighted by Gasteiger charge is 2.02. The van der Waals surface area contributed by atoms with Crippen LogP contribution in [0.2, 0.25) is 0 Å². The zero-order valence-corrected chi connectivity index (χ0v) is 11.4. The highest BCUT2D eigenvalue weighted by molar-refractivity contribution is 5.69. The third-order valence-corrected chi connectivity index (χ3v) is 2.42. The number of ether oxygens (including phenoxy) is 2. The Hall–Kier alpha value is -1.75. The molecule has 0 bridgehead atoms. The van der Waals surface area contributed by atoms with Gasteiger partial charge in [0.25, 0.3) is 0 Å². The van der Waals surface area contributed by atoms with Crippen molar-refractivity contribution in [1.29, 1.82) is 0 Å². The number of nitrogens with one attached hydrogen (secondary N) is 1. The zero-order valence-electron chi connectivity index (χ0n) is 11.4. The average Bonchev–Trinajstić information content (AvgIpc) is 2.40. The van der Waals surface area contributed by atoms with Crippen molar-refractivity contribution < 1.29 is 14.3 Å². The van der Waals surface area contributed by atoms with Gasteiger partial charge >= 0.3 is 5.97 Å². The molecule has 106 valence electrons. The summed E-state index contributed by atoms with van der Waals surface area (Å²) in [5.41, 5.74) is 6.42. The molecule has 1 rings (SSSR count). The van der Waals surface area contributed by atoms with Crippen LogP contribution in [-0.2, 0) is 9.53 Å². The van der Waals surface area contributed by atoms with Crippen LogP contribution in [0.3, 0.4) is 0 Å². The van der Waals surface area contributed by atoms with E-state index in [9.17, 15) is 4.79 Å². The van der Waals surface area contributed by atoms with E-state index in [1.165, 1.54) is 0 Å². The summed E-state index contributed by atoms with van der Waals surface area (Å²) < 4.78 is 10.3. The number of benzene rings is 1. The minimum atomic E-state index is -0.236. The van der Waals surface area contributed by atoms with Crippen LogP contribution in [0, 0.1) is 0 Å². The van der Waals surface area contributed by atoms with Crippen LogP contribution >= 0.6 is 0 Å². The van der Waals surface area contributed by atoms with Gasteiger partial charge in [0.1, 0.15) is 5.75 Å². The van der Waals surface area contributed by atoms with E-state index in [1.807, 2.05) is 24.3 Å². The zero-order chi connectivity index (χ0) is 13.9. The van der Waals surface area contributed by atoms with Crippen LogP contribution in [0.1, 0.15) is 19.8 Å². The van der Waals surface area contributed by atoms with Gasteiger partial charge in [-0.05, 0) is 32.0 Å². The molecule has 0 radical (unpaired) electrons. The molecular formula is C14H22N2O3. The lowest BCUT2D eigenvalue weighted by molar-refractivity contribution is -0.143. The molecule has 0 unspecified atom stereocenters. The largest absolute Gasteiger partial charge is 0.493 e. The molecule has 0 aliphatic carbocycles. The van der Waals surface area contributed by atoms with E-state index in [-0.39, 0.29) is 12.4 Å². The van der Waals surface area contributed by atoms with Crippen molar-refractivity contribution in [3.05, 3.63) is 24.3 Å². The van der Waals surface area contributed by atoms with E-state index >= 15 is 0 Å². The summed E-state index contributed by atoms with van der Waals surface area (Å²) in [7, 11) is 0. The van der Waals surface area contributed by atoms with Gasteiger partial charge in [-0.2, -0.15) is 0 Å². The van der Waals surface area contributed by atoms with E-state index in [4.69, 9.17) is 15.2 Å². The van der Waals surface area contributed by atoms with Crippen molar-refractivity contribution in [2.24, 2.45) is 5.73 Å². The quantitative estimate of drug-likeness (QED) is 0.526. The first kappa shape index (κ1) is 15.3. The lowest BCUT2D eigenvalue weighted by atomic mass is 10.3. The molecular weight excluding hydrogens is 244 g/mol. The standard InChI is InChI=1S/C14H22N2O3/c1-2-18-14(17)7-10-19-13-6-3-5-12(11-13)16-9-4-8-15/h3,5-6,11,16H,2,4,7-10,15H2,1H3. The Balaban J connectivity index is 2.33. The molecule has 0 fully saturated rings. The fraction of sp³-hybridized carbons (Fsp3) is 0.500. The van der Waals surface area contributed by atoms with Crippen LogP contribution in [0.5, 0.6) is 5.75 Å². The summed E-state index contributed by atoms with van der Waals surface area (Å²) >= 11 is 0. The average molecular weight is 266 g/mol. The van der Waals surface area contributed by atoms with Gasteiger partial charge in [-0.1, -0.05) is 6.07 Å². The third-order valence-electron chi connectivity index (χ3n) is 2.42. The molecule has 0 heterocycles. The van der Waals surface area contributed by atoms with Crippen LogP contribution in [0.15, 0.2) is 24.3 Å². The Kier molecular flexibility index (Phi) is 7.43.